The molecular formula is C16H28O2. The van der Waals surface area contributed by atoms with Gasteiger partial charge in [0.05, 0.1) is 12.5 Å². The molecule has 104 valence electrons. The van der Waals surface area contributed by atoms with Crippen LogP contribution in [0.1, 0.15) is 71.1 Å². The first-order valence-corrected chi connectivity index (χ1v) is 7.68. The Bertz CT molecular complexity index is 245. The number of allylic oxidation sites excluding steroid dienone is 1. The van der Waals surface area contributed by atoms with Crippen LogP contribution in [0.3, 0.4) is 0 Å². The highest BCUT2D eigenvalue weighted by atomic mass is 16.5. The van der Waals surface area contributed by atoms with Crippen molar-refractivity contribution >= 4 is 5.97 Å². The first-order valence-electron chi connectivity index (χ1n) is 7.68. The lowest BCUT2D eigenvalue weighted by molar-refractivity contribution is -0.147. The van der Waals surface area contributed by atoms with Crippen LogP contribution in [0.2, 0.25) is 0 Å². The van der Waals surface area contributed by atoms with Crippen molar-refractivity contribution in [2.24, 2.45) is 5.92 Å². The number of ether oxygens (including phenoxy) is 1. The average Bonchev–Trinajstić information content (AvgIpc) is 2.42. The minimum atomic E-state index is -0.0167. The summed E-state index contributed by atoms with van der Waals surface area (Å²) >= 11 is 0. The average molecular weight is 252 g/mol. The quantitative estimate of drug-likeness (QED) is 0.339. The molecule has 1 rings (SSSR count). The SMILES string of the molecule is CCCCCCCCCOC(=O)C1C=CCCC1. The highest BCUT2D eigenvalue weighted by Gasteiger charge is 2.18. The molecule has 0 aromatic heterocycles. The van der Waals surface area contributed by atoms with Crippen molar-refractivity contribution in [3.63, 3.8) is 0 Å². The normalized spacial score (nSPS) is 18.8. The third kappa shape index (κ3) is 6.83. The number of hydrogen-bond acceptors (Lipinski definition) is 2. The lowest BCUT2D eigenvalue weighted by Crippen LogP contribution is -2.18. The Kier molecular flexibility index (Phi) is 8.62. The molecule has 18 heavy (non-hydrogen) atoms. The minimum Gasteiger partial charge on any atom is -0.465 e. The van der Waals surface area contributed by atoms with Crippen molar-refractivity contribution < 1.29 is 9.53 Å². The molecule has 0 aromatic carbocycles. The van der Waals surface area contributed by atoms with Gasteiger partial charge in [-0.1, -0.05) is 57.6 Å². The molecule has 1 aliphatic rings. The monoisotopic (exact) mass is 252 g/mol. The van der Waals surface area contributed by atoms with Crippen molar-refractivity contribution in [2.45, 2.75) is 71.1 Å². The molecule has 2 nitrogen and oxygen atoms in total. The zero-order valence-electron chi connectivity index (χ0n) is 11.8. The van der Waals surface area contributed by atoms with Gasteiger partial charge in [0.1, 0.15) is 0 Å². The maximum Gasteiger partial charge on any atom is 0.312 e. The fraction of sp³-hybridized carbons (Fsp3) is 0.812. The summed E-state index contributed by atoms with van der Waals surface area (Å²) in [6.07, 6.45) is 16.1. The van der Waals surface area contributed by atoms with Crippen LogP contribution in [0.25, 0.3) is 0 Å². The second-order valence-electron chi connectivity index (χ2n) is 5.25. The van der Waals surface area contributed by atoms with E-state index in [1.807, 2.05) is 6.08 Å². The van der Waals surface area contributed by atoms with E-state index >= 15 is 0 Å². The first-order chi connectivity index (χ1) is 8.84. The third-order valence-corrected chi connectivity index (χ3v) is 3.55. The molecule has 0 heterocycles. The molecule has 0 N–H and O–H groups in total. The molecule has 0 aliphatic heterocycles. The Hall–Kier alpha value is -0.790. The van der Waals surface area contributed by atoms with E-state index in [4.69, 9.17) is 4.74 Å². The molecule has 1 atom stereocenters. The highest BCUT2D eigenvalue weighted by molar-refractivity contribution is 5.74. The maximum atomic E-state index is 11.7. The van der Waals surface area contributed by atoms with Crippen LogP contribution < -0.4 is 0 Å². The summed E-state index contributed by atoms with van der Waals surface area (Å²) < 4.78 is 5.32. The predicted octanol–water partition coefficient (Wildman–Crippen LogP) is 4.64. The molecule has 0 radical (unpaired) electrons. The van der Waals surface area contributed by atoms with Gasteiger partial charge in [0.2, 0.25) is 0 Å². The molecule has 0 bridgehead atoms. The van der Waals surface area contributed by atoms with E-state index < -0.39 is 0 Å². The lowest BCUT2D eigenvalue weighted by Gasteiger charge is -2.15. The van der Waals surface area contributed by atoms with E-state index in [1.54, 1.807) is 0 Å². The van der Waals surface area contributed by atoms with Crippen LogP contribution in [-0.2, 0) is 9.53 Å². The number of carbonyl (C=O) groups excluding carboxylic acids is 1. The van der Waals surface area contributed by atoms with E-state index in [9.17, 15) is 4.79 Å². The van der Waals surface area contributed by atoms with E-state index in [1.165, 1.54) is 38.5 Å². The van der Waals surface area contributed by atoms with Gasteiger partial charge in [-0.3, -0.25) is 4.79 Å². The van der Waals surface area contributed by atoms with Crippen molar-refractivity contribution in [1.82, 2.24) is 0 Å². The molecule has 0 spiro atoms. The fourth-order valence-corrected chi connectivity index (χ4v) is 2.35. The summed E-state index contributed by atoms with van der Waals surface area (Å²) in [7, 11) is 0. The van der Waals surface area contributed by atoms with Crippen molar-refractivity contribution in [3.05, 3.63) is 12.2 Å². The Morgan fingerprint density at radius 2 is 1.89 bits per heavy atom. The second kappa shape index (κ2) is 10.2. The van der Waals surface area contributed by atoms with Crippen LogP contribution in [0.4, 0.5) is 0 Å². The summed E-state index contributed by atoms with van der Waals surface area (Å²) in [6, 6.07) is 0. The largest absolute Gasteiger partial charge is 0.465 e. The summed E-state index contributed by atoms with van der Waals surface area (Å²) in [4.78, 5) is 11.7. The van der Waals surface area contributed by atoms with E-state index in [2.05, 4.69) is 13.0 Å². The Labute approximate surface area is 112 Å². The molecule has 0 saturated heterocycles. The van der Waals surface area contributed by atoms with Crippen LogP contribution in [0.15, 0.2) is 12.2 Å². The molecule has 0 fully saturated rings. The van der Waals surface area contributed by atoms with Gasteiger partial charge in [0.25, 0.3) is 0 Å². The number of hydrogen-bond donors (Lipinski definition) is 0. The Morgan fingerprint density at radius 3 is 2.56 bits per heavy atom. The standard InChI is InChI=1S/C16H28O2/c1-2-3-4-5-6-7-11-14-18-16(17)15-12-9-8-10-13-15/h9,12,15H,2-8,10-11,13-14H2,1H3. The van der Waals surface area contributed by atoms with Gasteiger partial charge in [0.15, 0.2) is 0 Å². The molecule has 2 heteroatoms. The molecule has 1 unspecified atom stereocenters. The van der Waals surface area contributed by atoms with E-state index in [-0.39, 0.29) is 11.9 Å². The summed E-state index contributed by atoms with van der Waals surface area (Å²) in [5.41, 5.74) is 0. The van der Waals surface area contributed by atoms with E-state index in [0.29, 0.717) is 6.61 Å². The zero-order valence-corrected chi connectivity index (χ0v) is 11.8. The predicted molar refractivity (Wildman–Crippen MR) is 75.4 cm³/mol. The van der Waals surface area contributed by atoms with Gasteiger partial charge in [-0.05, 0) is 25.7 Å². The third-order valence-electron chi connectivity index (χ3n) is 3.55. The molecule has 0 aromatic rings. The molecular weight excluding hydrogens is 224 g/mol. The van der Waals surface area contributed by atoms with E-state index in [0.717, 1.165) is 25.7 Å². The number of unbranched alkanes of at least 4 members (excludes halogenated alkanes) is 6. The van der Waals surface area contributed by atoms with Crippen molar-refractivity contribution in [2.75, 3.05) is 6.61 Å². The van der Waals surface area contributed by atoms with Crippen LogP contribution in [-0.4, -0.2) is 12.6 Å². The van der Waals surface area contributed by atoms with Gasteiger partial charge in [-0.25, -0.2) is 0 Å². The van der Waals surface area contributed by atoms with Gasteiger partial charge in [-0.15, -0.1) is 0 Å². The molecule has 1 aliphatic carbocycles. The van der Waals surface area contributed by atoms with Crippen molar-refractivity contribution in [1.29, 1.82) is 0 Å². The minimum absolute atomic E-state index is 0.0167. The summed E-state index contributed by atoms with van der Waals surface area (Å²) in [5, 5.41) is 0. The van der Waals surface area contributed by atoms with Gasteiger partial charge < -0.3 is 4.74 Å². The van der Waals surface area contributed by atoms with Gasteiger partial charge >= 0.3 is 5.97 Å². The maximum absolute atomic E-state index is 11.7. The molecule has 0 amide bonds. The molecule has 0 saturated carbocycles. The number of carbonyl (C=O) groups is 1. The smallest absolute Gasteiger partial charge is 0.312 e. The summed E-state index contributed by atoms with van der Waals surface area (Å²) in [6.45, 7) is 2.84. The number of esters is 1. The van der Waals surface area contributed by atoms with Crippen LogP contribution >= 0.6 is 0 Å². The number of rotatable bonds is 9. The second-order valence-corrected chi connectivity index (χ2v) is 5.25. The lowest BCUT2D eigenvalue weighted by atomic mass is 9.96. The Balaban J connectivity index is 1.92. The van der Waals surface area contributed by atoms with Crippen LogP contribution in [0.5, 0.6) is 0 Å². The topological polar surface area (TPSA) is 26.3 Å². The highest BCUT2D eigenvalue weighted by Crippen LogP contribution is 2.18. The summed E-state index contributed by atoms with van der Waals surface area (Å²) in [5.74, 6) is 0.0141. The Morgan fingerprint density at radius 1 is 1.17 bits per heavy atom. The van der Waals surface area contributed by atoms with Crippen molar-refractivity contribution in [3.8, 4) is 0 Å². The fourth-order valence-electron chi connectivity index (χ4n) is 2.35. The van der Waals surface area contributed by atoms with Crippen LogP contribution in [0, 0.1) is 5.92 Å². The van der Waals surface area contributed by atoms with Gasteiger partial charge in [0, 0.05) is 0 Å². The zero-order chi connectivity index (χ0) is 13.1. The first kappa shape index (κ1) is 15.3. The van der Waals surface area contributed by atoms with Gasteiger partial charge in [-0.2, -0.15) is 0 Å².